The smallest absolute Gasteiger partial charge is 0.310 e. The SMILES string of the molecule is COc1ccc(/C=C2/NC(=S)N(c3ccccc3C)C2=O)cc1COc1cc(C)ccc1[N+](=O)[O-]. The van der Waals surface area contributed by atoms with Crippen LogP contribution in [0.3, 0.4) is 0 Å². The first kappa shape index (κ1) is 23.9. The summed E-state index contributed by atoms with van der Waals surface area (Å²) in [6.07, 6.45) is 1.70. The van der Waals surface area contributed by atoms with Crippen molar-refractivity contribution in [3.05, 3.63) is 98.7 Å². The molecule has 4 rings (SSSR count). The zero-order valence-electron chi connectivity index (χ0n) is 19.4. The molecular weight excluding hydrogens is 466 g/mol. The fourth-order valence-electron chi connectivity index (χ4n) is 3.78. The maximum atomic E-state index is 13.1. The molecule has 0 spiro atoms. The summed E-state index contributed by atoms with van der Waals surface area (Å²) in [5.74, 6) is 0.478. The Kier molecular flexibility index (Phi) is 6.79. The molecule has 1 aliphatic heterocycles. The first-order chi connectivity index (χ1) is 16.8. The van der Waals surface area contributed by atoms with E-state index in [4.69, 9.17) is 21.7 Å². The van der Waals surface area contributed by atoms with Crippen molar-refractivity contribution >= 4 is 40.7 Å². The zero-order chi connectivity index (χ0) is 25.1. The van der Waals surface area contributed by atoms with Gasteiger partial charge in [-0.05, 0) is 73.1 Å². The van der Waals surface area contributed by atoms with E-state index in [1.807, 2.05) is 44.2 Å². The van der Waals surface area contributed by atoms with Crippen molar-refractivity contribution in [3.63, 3.8) is 0 Å². The molecule has 178 valence electrons. The maximum Gasteiger partial charge on any atom is 0.310 e. The molecule has 3 aromatic rings. The summed E-state index contributed by atoms with van der Waals surface area (Å²) in [4.78, 5) is 25.5. The van der Waals surface area contributed by atoms with Gasteiger partial charge in [0.25, 0.3) is 5.91 Å². The number of nitrogens with one attached hydrogen (secondary N) is 1. The number of nitrogens with zero attached hydrogens (tertiary/aromatic N) is 2. The number of anilines is 1. The molecule has 0 radical (unpaired) electrons. The molecule has 0 saturated carbocycles. The van der Waals surface area contributed by atoms with Crippen LogP contribution < -0.4 is 19.7 Å². The molecule has 0 bridgehead atoms. The van der Waals surface area contributed by atoms with Crippen LogP contribution in [0.25, 0.3) is 6.08 Å². The van der Waals surface area contributed by atoms with E-state index in [0.29, 0.717) is 27.7 Å². The largest absolute Gasteiger partial charge is 0.496 e. The van der Waals surface area contributed by atoms with E-state index in [0.717, 1.165) is 16.8 Å². The van der Waals surface area contributed by atoms with Gasteiger partial charge in [-0.25, -0.2) is 0 Å². The van der Waals surface area contributed by atoms with Crippen LogP contribution >= 0.6 is 12.2 Å². The minimum Gasteiger partial charge on any atom is -0.496 e. The molecular formula is C26H23N3O5S. The van der Waals surface area contributed by atoms with Gasteiger partial charge in [0.1, 0.15) is 18.1 Å². The molecule has 8 nitrogen and oxygen atoms in total. The number of para-hydroxylation sites is 1. The average molecular weight is 490 g/mol. The van der Waals surface area contributed by atoms with Crippen LogP contribution in [-0.2, 0) is 11.4 Å². The van der Waals surface area contributed by atoms with Gasteiger partial charge in [0.15, 0.2) is 10.9 Å². The third kappa shape index (κ3) is 4.99. The topological polar surface area (TPSA) is 93.9 Å². The molecule has 0 atom stereocenters. The Morgan fingerprint density at radius 3 is 2.57 bits per heavy atom. The molecule has 1 N–H and O–H groups in total. The van der Waals surface area contributed by atoms with Crippen molar-refractivity contribution in [2.24, 2.45) is 0 Å². The highest BCUT2D eigenvalue weighted by Crippen LogP contribution is 2.31. The lowest BCUT2D eigenvalue weighted by Crippen LogP contribution is -2.30. The van der Waals surface area contributed by atoms with Gasteiger partial charge in [0.05, 0.1) is 17.7 Å². The van der Waals surface area contributed by atoms with E-state index >= 15 is 0 Å². The van der Waals surface area contributed by atoms with Gasteiger partial charge in [-0.2, -0.15) is 0 Å². The van der Waals surface area contributed by atoms with Crippen molar-refractivity contribution in [2.45, 2.75) is 20.5 Å². The second-order valence-corrected chi connectivity index (χ2v) is 8.39. The molecule has 1 fully saturated rings. The van der Waals surface area contributed by atoms with Crippen molar-refractivity contribution in [2.75, 3.05) is 12.0 Å². The number of ether oxygens (including phenoxy) is 2. The summed E-state index contributed by atoms with van der Waals surface area (Å²) in [6, 6.07) is 17.6. The molecule has 3 aromatic carbocycles. The summed E-state index contributed by atoms with van der Waals surface area (Å²) in [5, 5.41) is 14.7. The molecule has 1 amide bonds. The Bertz CT molecular complexity index is 1370. The number of carbonyl (C=O) groups is 1. The van der Waals surface area contributed by atoms with E-state index in [-0.39, 0.29) is 24.0 Å². The van der Waals surface area contributed by atoms with Crippen LogP contribution in [0.4, 0.5) is 11.4 Å². The molecule has 1 aliphatic rings. The number of thiocarbonyl (C=S) groups is 1. The number of benzene rings is 3. The number of hydrogen-bond acceptors (Lipinski definition) is 6. The lowest BCUT2D eigenvalue weighted by molar-refractivity contribution is -0.386. The predicted octanol–water partition coefficient (Wildman–Crippen LogP) is 5.06. The van der Waals surface area contributed by atoms with E-state index in [2.05, 4.69) is 5.32 Å². The lowest BCUT2D eigenvalue weighted by Gasteiger charge is -2.16. The molecule has 0 aliphatic carbocycles. The lowest BCUT2D eigenvalue weighted by atomic mass is 10.1. The zero-order valence-corrected chi connectivity index (χ0v) is 20.2. The number of nitro benzene ring substituents is 1. The summed E-state index contributed by atoms with van der Waals surface area (Å²) in [5.41, 5.74) is 4.11. The van der Waals surface area contributed by atoms with E-state index in [1.54, 1.807) is 30.3 Å². The maximum absolute atomic E-state index is 13.1. The number of hydrogen-bond donors (Lipinski definition) is 1. The van der Waals surface area contributed by atoms with E-state index in [1.165, 1.54) is 18.1 Å². The van der Waals surface area contributed by atoms with E-state index < -0.39 is 4.92 Å². The minimum absolute atomic E-state index is 0.0413. The molecule has 9 heteroatoms. The standard InChI is InChI=1S/C26H23N3O5S/c1-16-8-10-22(29(31)32)24(12-16)34-15-19-13-18(9-11-23(19)33-3)14-20-25(30)28(26(35)27-20)21-7-5-4-6-17(21)2/h4-14H,15H2,1-3H3,(H,27,35)/b20-14+. The second-order valence-electron chi connectivity index (χ2n) is 8.00. The van der Waals surface area contributed by atoms with Crippen molar-refractivity contribution in [1.29, 1.82) is 0 Å². The number of amides is 1. The summed E-state index contributed by atoms with van der Waals surface area (Å²) in [6.45, 7) is 3.79. The number of carbonyl (C=O) groups excluding carboxylic acids is 1. The van der Waals surface area contributed by atoms with Crippen LogP contribution in [0.15, 0.2) is 66.4 Å². The highest BCUT2D eigenvalue weighted by Gasteiger charge is 2.32. The Morgan fingerprint density at radius 1 is 1.09 bits per heavy atom. The van der Waals surface area contributed by atoms with Crippen LogP contribution in [0, 0.1) is 24.0 Å². The third-order valence-corrected chi connectivity index (χ3v) is 5.83. The molecule has 1 heterocycles. The fourth-order valence-corrected chi connectivity index (χ4v) is 4.07. The number of methoxy groups -OCH3 is 1. The van der Waals surface area contributed by atoms with Crippen molar-refractivity contribution < 1.29 is 19.2 Å². The van der Waals surface area contributed by atoms with E-state index in [9.17, 15) is 14.9 Å². The monoisotopic (exact) mass is 489 g/mol. The van der Waals surface area contributed by atoms with Crippen LogP contribution in [0.5, 0.6) is 11.5 Å². The highest BCUT2D eigenvalue weighted by atomic mass is 32.1. The van der Waals surface area contributed by atoms with Gasteiger partial charge in [-0.1, -0.05) is 30.3 Å². The Morgan fingerprint density at radius 2 is 1.86 bits per heavy atom. The van der Waals surface area contributed by atoms with Gasteiger partial charge in [-0.15, -0.1) is 0 Å². The van der Waals surface area contributed by atoms with Gasteiger partial charge >= 0.3 is 5.69 Å². The van der Waals surface area contributed by atoms with Crippen molar-refractivity contribution in [3.8, 4) is 11.5 Å². The fraction of sp³-hybridized carbons (Fsp3) is 0.154. The predicted molar refractivity (Wildman–Crippen MR) is 138 cm³/mol. The Hall–Kier alpha value is -4.24. The normalized spacial score (nSPS) is 14.3. The average Bonchev–Trinajstić information content (AvgIpc) is 3.10. The molecule has 1 saturated heterocycles. The molecule has 0 aromatic heterocycles. The van der Waals surface area contributed by atoms with Crippen LogP contribution in [0.1, 0.15) is 22.3 Å². The number of nitro groups is 1. The van der Waals surface area contributed by atoms with Gasteiger partial charge in [-0.3, -0.25) is 19.8 Å². The minimum atomic E-state index is -0.479. The van der Waals surface area contributed by atoms with Gasteiger partial charge in [0.2, 0.25) is 0 Å². The summed E-state index contributed by atoms with van der Waals surface area (Å²) >= 11 is 5.42. The summed E-state index contributed by atoms with van der Waals surface area (Å²) < 4.78 is 11.2. The Balaban J connectivity index is 1.61. The first-order valence-electron chi connectivity index (χ1n) is 10.8. The quantitative estimate of drug-likeness (QED) is 0.215. The second kappa shape index (κ2) is 9.94. The highest BCUT2D eigenvalue weighted by molar-refractivity contribution is 7.80. The van der Waals surface area contributed by atoms with Gasteiger partial charge < -0.3 is 14.8 Å². The Labute approximate surface area is 207 Å². The molecule has 0 unspecified atom stereocenters. The molecule has 35 heavy (non-hydrogen) atoms. The number of rotatable bonds is 7. The van der Waals surface area contributed by atoms with Crippen LogP contribution in [-0.4, -0.2) is 23.1 Å². The van der Waals surface area contributed by atoms with Gasteiger partial charge in [0, 0.05) is 11.6 Å². The van der Waals surface area contributed by atoms with Crippen LogP contribution in [0.2, 0.25) is 0 Å². The third-order valence-electron chi connectivity index (χ3n) is 5.55. The summed E-state index contributed by atoms with van der Waals surface area (Å²) in [7, 11) is 1.53. The number of aryl methyl sites for hydroxylation is 2. The van der Waals surface area contributed by atoms with Crippen molar-refractivity contribution in [1.82, 2.24) is 5.32 Å². The first-order valence-corrected chi connectivity index (χ1v) is 11.2.